The van der Waals surface area contributed by atoms with E-state index in [1.807, 2.05) is 6.92 Å². The van der Waals surface area contributed by atoms with Crippen molar-refractivity contribution in [3.8, 4) is 5.75 Å². The number of aliphatic hydroxyl groups is 2. The number of fused-ring (bicyclic) bond motifs is 3. The first-order chi connectivity index (χ1) is 27.3. The number of para-hydroxylation sites is 2. The Bertz CT molecular complexity index is 2300. The number of esters is 2. The normalized spacial score (nSPS) is 28.9. The number of carbonyl (C=O) groups is 5. The first-order valence-corrected chi connectivity index (χ1v) is 19.3. The Kier molecular flexibility index (Phi) is 10.1. The van der Waals surface area contributed by atoms with Crippen molar-refractivity contribution in [1.82, 2.24) is 0 Å². The number of allylic oxidation sites excluding steroid dienone is 1. The van der Waals surface area contributed by atoms with Gasteiger partial charge in [0.15, 0.2) is 17.5 Å². The molecule has 13 heteroatoms. The quantitative estimate of drug-likeness (QED) is 0.104. The molecule has 0 aliphatic heterocycles. The predicted octanol–water partition coefficient (Wildman–Crippen LogP) is 5.53. The number of hydrogen-bond acceptors (Lipinski definition) is 11. The van der Waals surface area contributed by atoms with E-state index in [1.54, 1.807) is 62.3 Å². The number of rotatable bonds is 9. The van der Waals surface area contributed by atoms with E-state index in [4.69, 9.17) is 9.47 Å². The van der Waals surface area contributed by atoms with Gasteiger partial charge in [0.25, 0.3) is 11.8 Å². The fourth-order valence-corrected chi connectivity index (χ4v) is 9.96. The zero-order chi connectivity index (χ0) is 42.1. The molecule has 2 fully saturated rings. The van der Waals surface area contributed by atoms with Gasteiger partial charge in [0.1, 0.15) is 18.5 Å². The number of phenolic OH excluding ortho intramolecular Hbond substituents is 1. The van der Waals surface area contributed by atoms with Crippen LogP contribution in [0.5, 0.6) is 5.75 Å². The number of Topliss-reactive ketones (excluding diaryl/α,β-unsaturated/α-hetero) is 1. The van der Waals surface area contributed by atoms with Gasteiger partial charge in [0, 0.05) is 38.3 Å². The van der Waals surface area contributed by atoms with E-state index < -0.39 is 58.8 Å². The summed E-state index contributed by atoms with van der Waals surface area (Å²) >= 11 is 0. The minimum absolute atomic E-state index is 0.0141. The second kappa shape index (κ2) is 14.5. The topological polar surface area (TPSA) is 192 Å². The third-order valence-electron chi connectivity index (χ3n) is 12.9. The average molecular weight is 792 g/mol. The van der Waals surface area contributed by atoms with Crippen LogP contribution in [-0.4, -0.2) is 83.4 Å². The molecule has 0 heterocycles. The van der Waals surface area contributed by atoms with Crippen molar-refractivity contribution in [2.45, 2.75) is 58.8 Å². The number of benzene rings is 3. The maximum Gasteiger partial charge on any atom is 0.338 e. The first kappa shape index (κ1) is 40.4. The molecule has 8 atom stereocenters. The molecule has 2 bridgehead atoms. The molecular weight excluding hydrogens is 743 g/mol. The van der Waals surface area contributed by atoms with Crippen LogP contribution in [0.15, 0.2) is 90.0 Å². The molecule has 2 saturated carbocycles. The summed E-state index contributed by atoms with van der Waals surface area (Å²) in [5.74, 6) is -4.37. The van der Waals surface area contributed by atoms with E-state index >= 15 is 0 Å². The van der Waals surface area contributed by atoms with Crippen molar-refractivity contribution < 1.29 is 48.8 Å². The van der Waals surface area contributed by atoms with Gasteiger partial charge >= 0.3 is 11.9 Å². The summed E-state index contributed by atoms with van der Waals surface area (Å²) in [6.45, 7) is 8.61. The fraction of sp³-hybridized carbons (Fsp3) is 0.400. The van der Waals surface area contributed by atoms with Crippen LogP contribution < -0.4 is 15.5 Å². The average Bonchev–Trinajstić information content (AvgIpc) is 3.67. The highest BCUT2D eigenvalue weighted by atomic mass is 16.6. The number of amides is 2. The monoisotopic (exact) mass is 791 g/mol. The van der Waals surface area contributed by atoms with Gasteiger partial charge in [-0.3, -0.25) is 19.2 Å². The molecule has 2 amide bonds. The molecule has 304 valence electrons. The number of phenols is 1. The summed E-state index contributed by atoms with van der Waals surface area (Å²) in [4.78, 5) is 69.7. The number of carbonyl (C=O) groups excluding carboxylic acids is 5. The minimum atomic E-state index is -2.35. The molecule has 4 aliphatic rings. The van der Waals surface area contributed by atoms with E-state index in [9.17, 15) is 39.3 Å². The van der Waals surface area contributed by atoms with E-state index in [0.717, 1.165) is 0 Å². The minimum Gasteiger partial charge on any atom is -0.506 e. The van der Waals surface area contributed by atoms with Gasteiger partial charge < -0.3 is 40.3 Å². The molecule has 8 unspecified atom stereocenters. The molecule has 4 aliphatic carbocycles. The Hall–Kier alpha value is -5.79. The third-order valence-corrected chi connectivity index (χ3v) is 12.9. The maximum absolute atomic E-state index is 14.9. The van der Waals surface area contributed by atoms with E-state index in [0.29, 0.717) is 23.2 Å². The Labute approximate surface area is 336 Å². The summed E-state index contributed by atoms with van der Waals surface area (Å²) in [7, 11) is 3.58. The summed E-state index contributed by atoms with van der Waals surface area (Å²) in [6.07, 6.45) is 0.696. The molecule has 1 spiro atoms. The number of ether oxygens (including phenoxy) is 2. The number of nitrogens with zero attached hydrogens (tertiary/aromatic N) is 1. The van der Waals surface area contributed by atoms with Gasteiger partial charge in [-0.1, -0.05) is 57.2 Å². The molecule has 0 aromatic heterocycles. The van der Waals surface area contributed by atoms with Crippen LogP contribution in [0.1, 0.15) is 72.1 Å². The Balaban J connectivity index is 1.15. The molecular formula is C45H49N3O10. The number of aromatic hydroxyl groups is 1. The second-order valence-corrected chi connectivity index (χ2v) is 16.9. The summed E-state index contributed by atoms with van der Waals surface area (Å²) in [5.41, 5.74) is -2.65. The van der Waals surface area contributed by atoms with E-state index in [1.165, 1.54) is 49.4 Å². The molecule has 5 N–H and O–H groups in total. The van der Waals surface area contributed by atoms with Gasteiger partial charge in [0.05, 0.1) is 27.8 Å². The van der Waals surface area contributed by atoms with Gasteiger partial charge in [-0.05, 0) is 90.1 Å². The summed E-state index contributed by atoms with van der Waals surface area (Å²) in [6, 6.07) is 17.0. The highest BCUT2D eigenvalue weighted by Crippen LogP contribution is 2.71. The number of hydrogen-bond donors (Lipinski definition) is 5. The highest BCUT2D eigenvalue weighted by Gasteiger charge is 2.76. The molecule has 13 nitrogen and oxygen atoms in total. The largest absolute Gasteiger partial charge is 0.506 e. The van der Waals surface area contributed by atoms with Crippen molar-refractivity contribution in [2.75, 3.05) is 36.2 Å². The van der Waals surface area contributed by atoms with Crippen LogP contribution in [0, 0.1) is 34.5 Å². The van der Waals surface area contributed by atoms with Gasteiger partial charge in [-0.2, -0.15) is 0 Å². The number of aliphatic hydroxyl groups excluding tert-OH is 1. The highest BCUT2D eigenvalue weighted by molar-refractivity contribution is 6.15. The van der Waals surface area contributed by atoms with Crippen molar-refractivity contribution in [3.63, 3.8) is 0 Å². The molecule has 58 heavy (non-hydrogen) atoms. The van der Waals surface area contributed by atoms with Crippen molar-refractivity contribution >= 4 is 46.6 Å². The maximum atomic E-state index is 14.9. The molecule has 3 aromatic rings. The number of ketones is 1. The van der Waals surface area contributed by atoms with Gasteiger partial charge in [-0.25, -0.2) is 4.79 Å². The smallest absolute Gasteiger partial charge is 0.338 e. The zero-order valence-corrected chi connectivity index (χ0v) is 33.5. The summed E-state index contributed by atoms with van der Waals surface area (Å²) < 4.78 is 11.4. The van der Waals surface area contributed by atoms with Gasteiger partial charge in [-0.15, -0.1) is 0 Å². The standard InChI is InChI=1S/C45H49N3O10/c1-23-21-44-24(2)18-32-35(43(32,4)5)31(38(44)52)20-27(22-57-25(3)49)37(51)45(44,56)39(23)58-42(55)26-12-10-13-28(19-26)46-41(54)30-15-11-17-34(50)36(30)47-40(53)29-14-8-9-16-33(29)48(6)7/h8-17,19-21,24,31-32,35,37,39,50-51,56H,18,22H2,1-7H3,(H,46,54)(H,47,53). The lowest BCUT2D eigenvalue weighted by molar-refractivity contribution is -0.191. The second-order valence-electron chi connectivity index (χ2n) is 16.9. The zero-order valence-electron chi connectivity index (χ0n) is 33.5. The summed E-state index contributed by atoms with van der Waals surface area (Å²) in [5, 5.41) is 41.2. The third kappa shape index (κ3) is 6.37. The van der Waals surface area contributed by atoms with Crippen LogP contribution in [0.2, 0.25) is 0 Å². The van der Waals surface area contributed by atoms with Crippen LogP contribution in [-0.2, 0) is 19.1 Å². The van der Waals surface area contributed by atoms with Crippen LogP contribution in [0.25, 0.3) is 0 Å². The van der Waals surface area contributed by atoms with Crippen LogP contribution >= 0.6 is 0 Å². The lowest BCUT2D eigenvalue weighted by Gasteiger charge is -2.48. The lowest BCUT2D eigenvalue weighted by Crippen LogP contribution is -2.65. The van der Waals surface area contributed by atoms with Crippen molar-refractivity contribution in [2.24, 2.45) is 34.5 Å². The first-order valence-electron chi connectivity index (χ1n) is 19.3. The molecule has 0 radical (unpaired) electrons. The SMILES string of the molecule is CC(=O)OCC1=CC2C(=O)C3(C=C(C)C(OC(=O)c4cccc(NC(=O)c5cccc(O)c5NC(=O)c5ccccc5N(C)C)c4)C3(O)C1O)C(C)CC1C2C1(C)C. The van der Waals surface area contributed by atoms with Crippen LogP contribution in [0.3, 0.4) is 0 Å². The fourth-order valence-electron chi connectivity index (χ4n) is 9.96. The number of nitrogens with one attached hydrogen (secondary N) is 2. The Morgan fingerprint density at radius 2 is 1.62 bits per heavy atom. The predicted molar refractivity (Wildman–Crippen MR) is 215 cm³/mol. The van der Waals surface area contributed by atoms with E-state index in [2.05, 4.69) is 24.5 Å². The van der Waals surface area contributed by atoms with Gasteiger partial charge in [0.2, 0.25) is 0 Å². The number of anilines is 3. The van der Waals surface area contributed by atoms with Crippen molar-refractivity contribution in [1.29, 1.82) is 0 Å². The molecule has 0 saturated heterocycles. The molecule has 3 aromatic carbocycles. The van der Waals surface area contributed by atoms with E-state index in [-0.39, 0.29) is 63.5 Å². The Morgan fingerprint density at radius 3 is 2.33 bits per heavy atom. The Morgan fingerprint density at radius 1 is 0.948 bits per heavy atom. The lowest BCUT2D eigenvalue weighted by atomic mass is 9.59. The van der Waals surface area contributed by atoms with Crippen LogP contribution in [0.4, 0.5) is 17.1 Å². The van der Waals surface area contributed by atoms with Crippen molar-refractivity contribution in [3.05, 3.63) is 107 Å². The molecule has 7 rings (SSSR count).